The number of nitrogens with zero attached hydrogens (tertiary/aromatic N) is 2. The van der Waals surface area contributed by atoms with E-state index in [1.54, 1.807) is 38.2 Å². The van der Waals surface area contributed by atoms with Crippen LogP contribution in [0.2, 0.25) is 0 Å². The predicted molar refractivity (Wildman–Crippen MR) is 80.0 cm³/mol. The van der Waals surface area contributed by atoms with Crippen LogP contribution in [0.4, 0.5) is 0 Å². The van der Waals surface area contributed by atoms with Crippen LogP contribution in [-0.4, -0.2) is 34.2 Å². The van der Waals surface area contributed by atoms with Gasteiger partial charge >= 0.3 is 5.97 Å². The Balaban J connectivity index is 2.00. The maximum Gasteiger partial charge on any atom is 0.342 e. The highest BCUT2D eigenvalue weighted by molar-refractivity contribution is 6.01. The lowest BCUT2D eigenvalue weighted by molar-refractivity contribution is 0.0318. The van der Waals surface area contributed by atoms with Crippen LogP contribution in [0.5, 0.6) is 5.75 Å². The van der Waals surface area contributed by atoms with Crippen molar-refractivity contribution in [3.63, 3.8) is 0 Å². The Labute approximate surface area is 128 Å². The van der Waals surface area contributed by atoms with Crippen LogP contribution in [0.25, 0.3) is 0 Å². The third-order valence-corrected chi connectivity index (χ3v) is 3.04. The van der Waals surface area contributed by atoms with Crippen molar-refractivity contribution in [1.82, 2.24) is 9.78 Å². The molecule has 6 heteroatoms. The third kappa shape index (κ3) is 3.72. The van der Waals surface area contributed by atoms with Crippen molar-refractivity contribution >= 4 is 11.8 Å². The van der Waals surface area contributed by atoms with E-state index in [0.29, 0.717) is 23.5 Å². The molecule has 0 aliphatic carbocycles. The standard InChI is InChI=1S/C16H18N2O4/c1-4-21-14-7-5-12(6-8-14)15(19)11(2)22-16(20)13-9-17-18(3)10-13/h5-11H,4H2,1-3H3. The number of carbonyl (C=O) groups excluding carboxylic acids is 2. The quantitative estimate of drug-likeness (QED) is 0.604. The van der Waals surface area contributed by atoms with Crippen molar-refractivity contribution in [2.75, 3.05) is 6.61 Å². The van der Waals surface area contributed by atoms with Crippen molar-refractivity contribution in [1.29, 1.82) is 0 Å². The molecule has 0 saturated heterocycles. The van der Waals surface area contributed by atoms with E-state index in [1.807, 2.05) is 6.92 Å². The lowest BCUT2D eigenvalue weighted by Gasteiger charge is -2.12. The first-order chi connectivity index (χ1) is 10.5. The molecule has 0 aliphatic heterocycles. The van der Waals surface area contributed by atoms with Gasteiger partial charge in [-0.3, -0.25) is 9.48 Å². The van der Waals surface area contributed by atoms with E-state index in [0.717, 1.165) is 0 Å². The fourth-order valence-electron chi connectivity index (χ4n) is 1.93. The van der Waals surface area contributed by atoms with E-state index in [9.17, 15) is 9.59 Å². The molecule has 0 radical (unpaired) electrons. The average molecular weight is 302 g/mol. The smallest absolute Gasteiger partial charge is 0.342 e. The van der Waals surface area contributed by atoms with Gasteiger partial charge in [0.25, 0.3) is 0 Å². The number of hydrogen-bond donors (Lipinski definition) is 0. The molecule has 6 nitrogen and oxygen atoms in total. The van der Waals surface area contributed by atoms with Crippen molar-refractivity contribution in [3.05, 3.63) is 47.8 Å². The molecule has 0 aliphatic rings. The number of Topliss-reactive ketones (excluding diaryl/α,β-unsaturated/α-hetero) is 1. The van der Waals surface area contributed by atoms with E-state index in [1.165, 1.54) is 17.1 Å². The zero-order valence-electron chi connectivity index (χ0n) is 12.8. The molecule has 0 saturated carbocycles. The highest BCUT2D eigenvalue weighted by Crippen LogP contribution is 2.15. The van der Waals surface area contributed by atoms with Crippen molar-refractivity contribution in [2.24, 2.45) is 7.05 Å². The largest absolute Gasteiger partial charge is 0.494 e. The molecule has 0 spiro atoms. The molecule has 116 valence electrons. The Morgan fingerprint density at radius 2 is 1.91 bits per heavy atom. The van der Waals surface area contributed by atoms with Gasteiger partial charge in [-0.05, 0) is 38.1 Å². The van der Waals surface area contributed by atoms with Gasteiger partial charge in [0.1, 0.15) is 5.75 Å². The van der Waals surface area contributed by atoms with Crippen LogP contribution in [0.3, 0.4) is 0 Å². The number of esters is 1. The van der Waals surface area contributed by atoms with Crippen LogP contribution in [0.15, 0.2) is 36.7 Å². The molecule has 2 rings (SSSR count). The molecule has 1 unspecified atom stereocenters. The minimum absolute atomic E-state index is 0.264. The maximum atomic E-state index is 12.2. The normalized spacial score (nSPS) is 11.8. The average Bonchev–Trinajstić information content (AvgIpc) is 2.94. The van der Waals surface area contributed by atoms with Gasteiger partial charge in [0.2, 0.25) is 5.78 Å². The fourth-order valence-corrected chi connectivity index (χ4v) is 1.93. The second-order valence-corrected chi connectivity index (χ2v) is 4.77. The summed E-state index contributed by atoms with van der Waals surface area (Å²) in [5.74, 6) is -0.140. The number of hydrogen-bond acceptors (Lipinski definition) is 5. The van der Waals surface area contributed by atoms with Gasteiger partial charge in [0, 0.05) is 18.8 Å². The Bertz CT molecular complexity index is 661. The second-order valence-electron chi connectivity index (χ2n) is 4.77. The Hall–Kier alpha value is -2.63. The molecule has 0 bridgehead atoms. The van der Waals surface area contributed by atoms with Gasteiger partial charge in [-0.2, -0.15) is 5.10 Å². The SMILES string of the molecule is CCOc1ccc(C(=O)C(C)OC(=O)c2cnn(C)c2)cc1. The van der Waals surface area contributed by atoms with Crippen molar-refractivity contribution in [3.8, 4) is 5.75 Å². The van der Waals surface area contributed by atoms with Crippen LogP contribution in [0.1, 0.15) is 34.6 Å². The second kappa shape index (κ2) is 6.89. The monoisotopic (exact) mass is 302 g/mol. The number of aryl methyl sites for hydroxylation is 1. The van der Waals surface area contributed by atoms with Gasteiger partial charge in [-0.1, -0.05) is 0 Å². The Kier molecular flexibility index (Phi) is 4.93. The first-order valence-electron chi connectivity index (χ1n) is 6.98. The summed E-state index contributed by atoms with van der Waals surface area (Å²) < 4.78 is 12.0. The molecule has 1 aromatic heterocycles. The lowest BCUT2D eigenvalue weighted by atomic mass is 10.1. The van der Waals surface area contributed by atoms with Crippen molar-refractivity contribution < 1.29 is 19.1 Å². The molecule has 1 aromatic carbocycles. The molecule has 0 N–H and O–H groups in total. The summed E-state index contributed by atoms with van der Waals surface area (Å²) in [7, 11) is 1.70. The van der Waals surface area contributed by atoms with Crippen molar-refractivity contribution in [2.45, 2.75) is 20.0 Å². The van der Waals surface area contributed by atoms with E-state index in [-0.39, 0.29) is 5.78 Å². The predicted octanol–water partition coefficient (Wildman–Crippen LogP) is 2.25. The van der Waals surface area contributed by atoms with Gasteiger partial charge in [-0.25, -0.2) is 4.79 Å². The fraction of sp³-hybridized carbons (Fsp3) is 0.312. The van der Waals surface area contributed by atoms with E-state index in [2.05, 4.69) is 5.10 Å². The minimum Gasteiger partial charge on any atom is -0.494 e. The summed E-state index contributed by atoms with van der Waals surface area (Å²) in [5.41, 5.74) is 0.781. The minimum atomic E-state index is -0.870. The topological polar surface area (TPSA) is 70.4 Å². The molecule has 1 heterocycles. The van der Waals surface area contributed by atoms with E-state index >= 15 is 0 Å². The Morgan fingerprint density at radius 1 is 1.23 bits per heavy atom. The number of aromatic nitrogens is 2. The van der Waals surface area contributed by atoms with Crippen LogP contribution < -0.4 is 4.74 Å². The zero-order chi connectivity index (χ0) is 16.1. The number of benzene rings is 1. The number of rotatable bonds is 6. The first-order valence-corrected chi connectivity index (χ1v) is 6.98. The van der Waals surface area contributed by atoms with E-state index < -0.39 is 12.1 Å². The summed E-state index contributed by atoms with van der Waals surface area (Å²) in [5, 5.41) is 3.89. The molecule has 0 amide bonds. The molecule has 1 atom stereocenters. The van der Waals surface area contributed by atoms with Gasteiger partial charge in [-0.15, -0.1) is 0 Å². The molecule has 0 fully saturated rings. The molecular formula is C16H18N2O4. The van der Waals surface area contributed by atoms with Gasteiger partial charge in [0.05, 0.1) is 18.4 Å². The Morgan fingerprint density at radius 3 is 2.45 bits per heavy atom. The van der Waals surface area contributed by atoms with Crippen LogP contribution in [0, 0.1) is 0 Å². The first kappa shape index (κ1) is 15.8. The molecule has 22 heavy (non-hydrogen) atoms. The maximum absolute atomic E-state index is 12.2. The molecular weight excluding hydrogens is 284 g/mol. The summed E-state index contributed by atoms with van der Waals surface area (Å²) in [6.07, 6.45) is 2.07. The number of carbonyl (C=O) groups is 2. The van der Waals surface area contributed by atoms with Crippen LogP contribution in [-0.2, 0) is 11.8 Å². The highest BCUT2D eigenvalue weighted by Gasteiger charge is 2.21. The van der Waals surface area contributed by atoms with E-state index in [4.69, 9.17) is 9.47 Å². The summed E-state index contributed by atoms with van der Waals surface area (Å²) in [6.45, 7) is 4.00. The van der Waals surface area contributed by atoms with Gasteiger partial charge < -0.3 is 9.47 Å². The third-order valence-electron chi connectivity index (χ3n) is 3.04. The van der Waals surface area contributed by atoms with Gasteiger partial charge in [0.15, 0.2) is 6.10 Å². The number of ether oxygens (including phenoxy) is 2. The summed E-state index contributed by atoms with van der Waals surface area (Å²) in [4.78, 5) is 24.1. The summed E-state index contributed by atoms with van der Waals surface area (Å²) >= 11 is 0. The molecule has 2 aromatic rings. The highest BCUT2D eigenvalue weighted by atomic mass is 16.5. The zero-order valence-corrected chi connectivity index (χ0v) is 12.8. The van der Waals surface area contributed by atoms with Crippen LogP contribution >= 0.6 is 0 Å². The summed E-state index contributed by atoms with van der Waals surface area (Å²) in [6, 6.07) is 6.74. The lowest BCUT2D eigenvalue weighted by Crippen LogP contribution is -2.24. The number of ketones is 1.